The van der Waals surface area contributed by atoms with Gasteiger partial charge in [0.1, 0.15) is 0 Å². The molecule has 0 spiro atoms. The summed E-state index contributed by atoms with van der Waals surface area (Å²) in [6, 6.07) is 21.2. The first-order valence-electron chi connectivity index (χ1n) is 8.87. The highest BCUT2D eigenvalue weighted by Crippen LogP contribution is 2.18. The van der Waals surface area contributed by atoms with Crippen LogP contribution in [-0.4, -0.2) is 25.0 Å². The Balaban J connectivity index is 0.00000225. The Morgan fingerprint density at radius 2 is 1.56 bits per heavy atom. The summed E-state index contributed by atoms with van der Waals surface area (Å²) in [6.45, 7) is 1.90. The number of benzene rings is 2. The number of nitrogens with one attached hydrogen (secondary N) is 2. The van der Waals surface area contributed by atoms with E-state index in [0.717, 1.165) is 32.4 Å². The van der Waals surface area contributed by atoms with Gasteiger partial charge in [-0.05, 0) is 42.9 Å². The molecule has 134 valence electrons. The molecule has 3 rings (SSSR count). The molecular weight excluding hydrogens is 332 g/mol. The lowest BCUT2D eigenvalue weighted by Crippen LogP contribution is -2.37. The summed E-state index contributed by atoms with van der Waals surface area (Å²) in [6.07, 6.45) is 3.49. The standard InChI is InChI=1S/C21H26N2O.ClH/c24-21(23-20-11-12-22-16-20)15-19(13-17-7-3-1-4-8-17)14-18-9-5-2-6-10-18;/h1-10,19-20,22H,11-16H2,(H,23,24);1H. The van der Waals surface area contributed by atoms with Gasteiger partial charge in [0.05, 0.1) is 0 Å². The van der Waals surface area contributed by atoms with E-state index in [9.17, 15) is 4.79 Å². The summed E-state index contributed by atoms with van der Waals surface area (Å²) in [7, 11) is 0. The van der Waals surface area contributed by atoms with Crippen molar-refractivity contribution in [2.45, 2.75) is 31.7 Å². The highest BCUT2D eigenvalue weighted by molar-refractivity contribution is 5.85. The van der Waals surface area contributed by atoms with Crippen LogP contribution in [0.25, 0.3) is 0 Å². The zero-order valence-electron chi connectivity index (χ0n) is 14.5. The van der Waals surface area contributed by atoms with Gasteiger partial charge in [0.25, 0.3) is 0 Å². The van der Waals surface area contributed by atoms with E-state index in [-0.39, 0.29) is 18.3 Å². The predicted octanol–water partition coefficient (Wildman–Crippen LogP) is 3.38. The summed E-state index contributed by atoms with van der Waals surface area (Å²) in [4.78, 5) is 12.5. The monoisotopic (exact) mass is 358 g/mol. The van der Waals surface area contributed by atoms with E-state index < -0.39 is 0 Å². The Bertz CT molecular complexity index is 585. The van der Waals surface area contributed by atoms with E-state index >= 15 is 0 Å². The van der Waals surface area contributed by atoms with E-state index in [1.165, 1.54) is 11.1 Å². The molecule has 1 atom stereocenters. The third kappa shape index (κ3) is 6.52. The quantitative estimate of drug-likeness (QED) is 0.796. The van der Waals surface area contributed by atoms with Crippen LogP contribution in [0, 0.1) is 5.92 Å². The number of amides is 1. The van der Waals surface area contributed by atoms with E-state index in [1.807, 2.05) is 12.1 Å². The molecule has 1 unspecified atom stereocenters. The van der Waals surface area contributed by atoms with E-state index in [1.54, 1.807) is 0 Å². The molecule has 1 heterocycles. The lowest BCUT2D eigenvalue weighted by atomic mass is 9.89. The van der Waals surface area contributed by atoms with Crippen LogP contribution in [0.5, 0.6) is 0 Å². The second-order valence-electron chi connectivity index (χ2n) is 6.71. The molecule has 1 fully saturated rings. The Morgan fingerprint density at radius 3 is 2.04 bits per heavy atom. The molecule has 0 saturated carbocycles. The zero-order valence-corrected chi connectivity index (χ0v) is 15.3. The molecule has 2 N–H and O–H groups in total. The molecule has 1 amide bonds. The highest BCUT2D eigenvalue weighted by atomic mass is 35.5. The predicted molar refractivity (Wildman–Crippen MR) is 105 cm³/mol. The third-order valence-corrected chi connectivity index (χ3v) is 4.63. The van der Waals surface area contributed by atoms with Gasteiger partial charge in [0.15, 0.2) is 0 Å². The molecule has 1 aliphatic rings. The van der Waals surface area contributed by atoms with Gasteiger partial charge in [-0.15, -0.1) is 12.4 Å². The molecule has 0 radical (unpaired) electrons. The second kappa shape index (κ2) is 10.2. The second-order valence-corrected chi connectivity index (χ2v) is 6.71. The highest BCUT2D eigenvalue weighted by Gasteiger charge is 2.20. The van der Waals surface area contributed by atoms with Crippen LogP contribution < -0.4 is 10.6 Å². The molecule has 1 saturated heterocycles. The van der Waals surface area contributed by atoms with Crippen molar-refractivity contribution >= 4 is 18.3 Å². The Labute approximate surface area is 156 Å². The minimum atomic E-state index is 0. The Morgan fingerprint density at radius 1 is 1.00 bits per heavy atom. The van der Waals surface area contributed by atoms with Crippen molar-refractivity contribution in [1.82, 2.24) is 10.6 Å². The first kappa shape index (κ1) is 19.5. The van der Waals surface area contributed by atoms with Crippen molar-refractivity contribution in [3.05, 3.63) is 71.8 Å². The normalized spacial score (nSPS) is 16.4. The van der Waals surface area contributed by atoms with Crippen LogP contribution in [0.15, 0.2) is 60.7 Å². The van der Waals surface area contributed by atoms with Gasteiger partial charge in [-0.2, -0.15) is 0 Å². The molecule has 0 aromatic heterocycles. The van der Waals surface area contributed by atoms with Crippen molar-refractivity contribution in [2.24, 2.45) is 5.92 Å². The van der Waals surface area contributed by atoms with Crippen LogP contribution in [0.1, 0.15) is 24.0 Å². The molecule has 1 aliphatic heterocycles. The number of halogens is 1. The van der Waals surface area contributed by atoms with E-state index in [2.05, 4.69) is 59.2 Å². The summed E-state index contributed by atoms with van der Waals surface area (Å²) in [5.41, 5.74) is 2.60. The smallest absolute Gasteiger partial charge is 0.220 e. The molecule has 3 nitrogen and oxygen atoms in total. The number of carbonyl (C=O) groups is 1. The van der Waals surface area contributed by atoms with Gasteiger partial charge in [-0.25, -0.2) is 0 Å². The minimum Gasteiger partial charge on any atom is -0.352 e. The minimum absolute atomic E-state index is 0. The molecule has 2 aromatic carbocycles. The Kier molecular flexibility index (Phi) is 7.96. The van der Waals surface area contributed by atoms with Crippen LogP contribution >= 0.6 is 12.4 Å². The van der Waals surface area contributed by atoms with Crippen molar-refractivity contribution in [3.8, 4) is 0 Å². The maximum Gasteiger partial charge on any atom is 0.220 e. The maximum atomic E-state index is 12.5. The average molecular weight is 359 g/mol. The molecule has 2 aromatic rings. The van der Waals surface area contributed by atoms with Crippen LogP contribution in [0.4, 0.5) is 0 Å². The first-order valence-corrected chi connectivity index (χ1v) is 8.87. The van der Waals surface area contributed by atoms with Gasteiger partial charge in [0.2, 0.25) is 5.91 Å². The van der Waals surface area contributed by atoms with Crippen LogP contribution in [0.2, 0.25) is 0 Å². The van der Waals surface area contributed by atoms with Gasteiger partial charge < -0.3 is 10.6 Å². The van der Waals surface area contributed by atoms with Gasteiger partial charge in [-0.3, -0.25) is 4.79 Å². The number of rotatable bonds is 7. The van der Waals surface area contributed by atoms with Gasteiger partial charge in [0, 0.05) is 19.0 Å². The molecule has 0 aliphatic carbocycles. The average Bonchev–Trinajstić information content (AvgIpc) is 3.09. The lowest BCUT2D eigenvalue weighted by Gasteiger charge is -2.19. The summed E-state index contributed by atoms with van der Waals surface area (Å²) in [5, 5.41) is 6.48. The number of carbonyl (C=O) groups excluding carboxylic acids is 1. The number of hydrogen-bond donors (Lipinski definition) is 2. The summed E-state index contributed by atoms with van der Waals surface area (Å²) in [5.74, 6) is 0.504. The van der Waals surface area contributed by atoms with Crippen LogP contribution in [-0.2, 0) is 17.6 Å². The maximum absolute atomic E-state index is 12.5. The van der Waals surface area contributed by atoms with E-state index in [4.69, 9.17) is 0 Å². The largest absolute Gasteiger partial charge is 0.352 e. The Hall–Kier alpha value is -1.84. The van der Waals surface area contributed by atoms with Crippen LogP contribution in [0.3, 0.4) is 0 Å². The topological polar surface area (TPSA) is 41.1 Å². The molecule has 25 heavy (non-hydrogen) atoms. The first-order chi connectivity index (χ1) is 11.8. The number of hydrogen-bond acceptors (Lipinski definition) is 2. The summed E-state index contributed by atoms with van der Waals surface area (Å²) < 4.78 is 0. The van der Waals surface area contributed by atoms with E-state index in [0.29, 0.717) is 18.4 Å². The third-order valence-electron chi connectivity index (χ3n) is 4.63. The van der Waals surface area contributed by atoms with Crippen molar-refractivity contribution in [1.29, 1.82) is 0 Å². The van der Waals surface area contributed by atoms with Gasteiger partial charge in [-0.1, -0.05) is 60.7 Å². The molecule has 0 bridgehead atoms. The van der Waals surface area contributed by atoms with Crippen molar-refractivity contribution in [2.75, 3.05) is 13.1 Å². The lowest BCUT2D eigenvalue weighted by molar-refractivity contribution is -0.122. The fraction of sp³-hybridized carbons (Fsp3) is 0.381. The zero-order chi connectivity index (χ0) is 16.6. The fourth-order valence-corrected chi connectivity index (χ4v) is 3.44. The van der Waals surface area contributed by atoms with Crippen molar-refractivity contribution < 1.29 is 4.79 Å². The van der Waals surface area contributed by atoms with Gasteiger partial charge >= 0.3 is 0 Å². The summed E-state index contributed by atoms with van der Waals surface area (Å²) >= 11 is 0. The molecular formula is C21H27ClN2O. The fourth-order valence-electron chi connectivity index (χ4n) is 3.44. The SMILES string of the molecule is Cl.O=C(CC(Cc1ccccc1)Cc1ccccc1)NC1CCNC1. The molecule has 4 heteroatoms. The van der Waals surface area contributed by atoms with Crippen molar-refractivity contribution in [3.63, 3.8) is 0 Å².